The molecule has 2 N–H and O–H groups in total. The van der Waals surface area contributed by atoms with Crippen LogP contribution in [0.1, 0.15) is 0 Å². The molecule has 3 heterocycles. The van der Waals surface area contributed by atoms with Gasteiger partial charge in [-0.1, -0.05) is 54.6 Å². The lowest BCUT2D eigenvalue weighted by Crippen LogP contribution is -2.22. The van der Waals surface area contributed by atoms with Gasteiger partial charge in [0.05, 0.1) is 11.4 Å². The Morgan fingerprint density at radius 3 is 2.64 bits per heavy atom. The third-order valence-electron chi connectivity index (χ3n) is 5.41. The highest BCUT2D eigenvalue weighted by Crippen LogP contribution is 2.26. The van der Waals surface area contributed by atoms with Gasteiger partial charge in [0.1, 0.15) is 0 Å². The van der Waals surface area contributed by atoms with Gasteiger partial charge in [0.25, 0.3) is 5.56 Å². The summed E-state index contributed by atoms with van der Waals surface area (Å²) >= 11 is 6.18. The summed E-state index contributed by atoms with van der Waals surface area (Å²) < 4.78 is 3.07. The number of nitrogens with one attached hydrogen (secondary N) is 2. The number of nitrogens with zero attached hydrogens (tertiary/aromatic N) is 5. The number of rotatable bonds is 6. The van der Waals surface area contributed by atoms with E-state index >= 15 is 0 Å². The molecule has 5 rings (SSSR count). The molecule has 0 radical (unpaired) electrons. The zero-order valence-corrected chi connectivity index (χ0v) is 19.9. The molecular formula is C26H20ClN7O2. The molecule has 0 bridgehead atoms. The average molecular weight is 498 g/mol. The van der Waals surface area contributed by atoms with Crippen LogP contribution >= 0.6 is 11.6 Å². The van der Waals surface area contributed by atoms with E-state index in [4.69, 9.17) is 11.6 Å². The van der Waals surface area contributed by atoms with Gasteiger partial charge < -0.3 is 10.6 Å². The molecular weight excluding hydrogens is 478 g/mol. The van der Waals surface area contributed by atoms with E-state index in [1.807, 2.05) is 30.3 Å². The number of carbonyl (C=O) groups is 1. The first kappa shape index (κ1) is 23.0. The van der Waals surface area contributed by atoms with Crippen LogP contribution in [0.15, 0.2) is 90.5 Å². The number of fused-ring (bicyclic) bond motifs is 1. The Labute approximate surface area is 210 Å². The first-order valence-corrected chi connectivity index (χ1v) is 11.3. The molecule has 10 heteroatoms. The summed E-state index contributed by atoms with van der Waals surface area (Å²) in [6, 6.07) is 18.1. The quantitative estimate of drug-likeness (QED) is 0.329. The topological polar surface area (TPSA) is 107 Å². The van der Waals surface area contributed by atoms with Crippen LogP contribution in [0.4, 0.5) is 17.3 Å². The Morgan fingerprint density at radius 1 is 1.11 bits per heavy atom. The van der Waals surface area contributed by atoms with E-state index in [0.29, 0.717) is 33.7 Å². The highest BCUT2D eigenvalue weighted by molar-refractivity contribution is 6.32. The van der Waals surface area contributed by atoms with Gasteiger partial charge in [-0.05, 0) is 35.9 Å². The van der Waals surface area contributed by atoms with Gasteiger partial charge in [-0.3, -0.25) is 18.8 Å². The standard InChI is InChI=1S/C26H20ClN7O2/c1-3-22(35)29-18-10-7-11-19(13-18)34-24-17(12-20(25(34)36)16-8-5-4-6-9-16)14-28-26(31-24)30-21-15-33(2)32-23(21)27/h3-15H,1H2,2H3,(H,29,35)(H,28,30,31). The smallest absolute Gasteiger partial charge is 0.264 e. The van der Waals surface area contributed by atoms with Gasteiger partial charge in [0.2, 0.25) is 11.9 Å². The van der Waals surface area contributed by atoms with Crippen molar-refractivity contribution in [2.75, 3.05) is 10.6 Å². The van der Waals surface area contributed by atoms with E-state index in [2.05, 4.69) is 32.3 Å². The van der Waals surface area contributed by atoms with Crippen molar-refractivity contribution in [2.45, 2.75) is 0 Å². The van der Waals surface area contributed by atoms with Crippen molar-refractivity contribution in [1.82, 2.24) is 24.3 Å². The molecule has 9 nitrogen and oxygen atoms in total. The molecule has 2 aromatic carbocycles. The molecule has 0 saturated heterocycles. The number of aryl methyl sites for hydroxylation is 1. The number of hydrogen-bond acceptors (Lipinski definition) is 6. The van der Waals surface area contributed by atoms with Gasteiger partial charge in [-0.25, -0.2) is 4.98 Å². The fraction of sp³-hybridized carbons (Fsp3) is 0.0385. The van der Waals surface area contributed by atoms with Gasteiger partial charge in [0.15, 0.2) is 10.8 Å². The third kappa shape index (κ3) is 4.47. The number of amides is 1. The predicted octanol–water partition coefficient (Wildman–Crippen LogP) is 4.70. The van der Waals surface area contributed by atoms with Gasteiger partial charge in [0, 0.05) is 36.1 Å². The molecule has 3 aromatic heterocycles. The van der Waals surface area contributed by atoms with Crippen molar-refractivity contribution in [3.8, 4) is 16.8 Å². The van der Waals surface area contributed by atoms with Crippen LogP contribution < -0.4 is 16.2 Å². The zero-order valence-electron chi connectivity index (χ0n) is 19.1. The van der Waals surface area contributed by atoms with Crippen LogP contribution in [0.2, 0.25) is 5.15 Å². The van der Waals surface area contributed by atoms with Crippen LogP contribution in [0.5, 0.6) is 0 Å². The van der Waals surface area contributed by atoms with Crippen molar-refractivity contribution in [3.63, 3.8) is 0 Å². The summed E-state index contributed by atoms with van der Waals surface area (Å²) in [4.78, 5) is 34.8. The molecule has 1 amide bonds. The Kier molecular flexibility index (Phi) is 6.05. The van der Waals surface area contributed by atoms with Crippen molar-refractivity contribution in [3.05, 3.63) is 101 Å². The summed E-state index contributed by atoms with van der Waals surface area (Å²) in [7, 11) is 1.75. The third-order valence-corrected chi connectivity index (χ3v) is 5.69. The highest BCUT2D eigenvalue weighted by atomic mass is 35.5. The van der Waals surface area contributed by atoms with E-state index < -0.39 is 0 Å². The number of benzene rings is 2. The number of pyridine rings is 1. The highest BCUT2D eigenvalue weighted by Gasteiger charge is 2.16. The second-order valence-corrected chi connectivity index (χ2v) is 8.27. The van der Waals surface area contributed by atoms with E-state index in [-0.39, 0.29) is 22.6 Å². The Hall–Kier alpha value is -4.76. The Balaban J connectivity index is 1.72. The fourth-order valence-electron chi connectivity index (χ4n) is 3.80. The van der Waals surface area contributed by atoms with E-state index in [9.17, 15) is 9.59 Å². The SMILES string of the molecule is C=CC(=O)Nc1cccc(-n2c(=O)c(-c3ccccc3)cc3cnc(Nc4cn(C)nc4Cl)nc32)c1. The lowest BCUT2D eigenvalue weighted by atomic mass is 10.1. The Morgan fingerprint density at radius 2 is 1.92 bits per heavy atom. The van der Waals surface area contributed by atoms with E-state index in [1.54, 1.807) is 54.5 Å². The molecule has 0 fully saturated rings. The normalized spacial score (nSPS) is 10.8. The van der Waals surface area contributed by atoms with E-state index in [0.717, 1.165) is 5.56 Å². The zero-order chi connectivity index (χ0) is 25.2. The number of halogens is 1. The summed E-state index contributed by atoms with van der Waals surface area (Å²) in [5.41, 5.74) is 2.92. The maximum atomic E-state index is 13.8. The lowest BCUT2D eigenvalue weighted by Gasteiger charge is -2.14. The van der Waals surface area contributed by atoms with Crippen LogP contribution in [-0.2, 0) is 11.8 Å². The average Bonchev–Trinajstić information content (AvgIpc) is 3.20. The molecule has 178 valence electrons. The van der Waals surface area contributed by atoms with Crippen LogP contribution in [-0.4, -0.2) is 30.2 Å². The monoisotopic (exact) mass is 497 g/mol. The minimum absolute atomic E-state index is 0.245. The number of carbonyl (C=O) groups excluding carboxylic acids is 1. The van der Waals surface area contributed by atoms with Crippen LogP contribution in [0.25, 0.3) is 27.8 Å². The second kappa shape index (κ2) is 9.47. The van der Waals surface area contributed by atoms with Crippen LogP contribution in [0.3, 0.4) is 0 Å². The first-order chi connectivity index (χ1) is 17.4. The molecule has 0 spiro atoms. The molecule has 0 saturated carbocycles. The Bertz CT molecular complexity index is 1680. The van der Waals surface area contributed by atoms with Crippen molar-refractivity contribution >= 4 is 45.9 Å². The molecule has 0 aliphatic carbocycles. The van der Waals surface area contributed by atoms with Crippen LogP contribution in [0, 0.1) is 0 Å². The lowest BCUT2D eigenvalue weighted by molar-refractivity contribution is -0.111. The van der Waals surface area contributed by atoms with Crippen molar-refractivity contribution < 1.29 is 4.79 Å². The first-order valence-electron chi connectivity index (χ1n) is 10.9. The largest absolute Gasteiger partial charge is 0.322 e. The molecule has 36 heavy (non-hydrogen) atoms. The molecule has 0 unspecified atom stereocenters. The van der Waals surface area contributed by atoms with Gasteiger partial charge in [-0.15, -0.1) is 0 Å². The number of anilines is 3. The number of aromatic nitrogens is 5. The predicted molar refractivity (Wildman–Crippen MR) is 141 cm³/mol. The fourth-order valence-corrected chi connectivity index (χ4v) is 4.02. The minimum Gasteiger partial charge on any atom is -0.322 e. The van der Waals surface area contributed by atoms with Gasteiger partial charge in [-0.2, -0.15) is 10.1 Å². The van der Waals surface area contributed by atoms with Gasteiger partial charge >= 0.3 is 0 Å². The molecule has 5 aromatic rings. The molecule has 0 aliphatic heterocycles. The minimum atomic E-state index is -0.357. The molecule has 0 atom stereocenters. The van der Waals surface area contributed by atoms with E-state index in [1.165, 1.54) is 10.6 Å². The number of hydrogen-bond donors (Lipinski definition) is 2. The summed E-state index contributed by atoms with van der Waals surface area (Å²) in [6.07, 6.45) is 4.52. The maximum Gasteiger partial charge on any atom is 0.264 e. The molecule has 0 aliphatic rings. The maximum absolute atomic E-state index is 13.8. The van der Waals surface area contributed by atoms with Crippen molar-refractivity contribution in [1.29, 1.82) is 0 Å². The summed E-state index contributed by atoms with van der Waals surface area (Å²) in [6.45, 7) is 3.48. The summed E-state index contributed by atoms with van der Waals surface area (Å²) in [5, 5.41) is 10.8. The summed E-state index contributed by atoms with van der Waals surface area (Å²) in [5.74, 6) is -0.112. The van der Waals surface area contributed by atoms with Crippen molar-refractivity contribution in [2.24, 2.45) is 7.05 Å². The second-order valence-electron chi connectivity index (χ2n) is 7.91.